The number of nitrogens with one attached hydrogen (secondary N) is 1. The van der Waals surface area contributed by atoms with Crippen molar-refractivity contribution in [1.82, 2.24) is 10.2 Å². The second-order valence-electron chi connectivity index (χ2n) is 11.6. The number of benzene rings is 4. The van der Waals surface area contributed by atoms with Gasteiger partial charge in [-0.1, -0.05) is 135 Å². The van der Waals surface area contributed by atoms with E-state index in [0.717, 1.165) is 11.1 Å². The fraction of sp³-hybridized carbons (Fsp3) is 0.324. The third-order valence-electron chi connectivity index (χ3n) is 7.88. The third-order valence-corrected chi connectivity index (χ3v) is 7.88. The maximum atomic E-state index is 13.1. The molecule has 0 bridgehead atoms. The number of hydrogen-bond donors (Lipinski definition) is 3. The number of aliphatic hydroxyl groups is 1. The van der Waals surface area contributed by atoms with Crippen LogP contribution in [0.3, 0.4) is 0 Å². The van der Waals surface area contributed by atoms with E-state index < -0.39 is 12.1 Å². The smallest absolute Gasteiger partial charge is 0.237 e. The highest BCUT2D eigenvalue weighted by Crippen LogP contribution is 2.23. The van der Waals surface area contributed by atoms with Gasteiger partial charge in [0.1, 0.15) is 0 Å². The number of rotatable bonds is 15. The maximum absolute atomic E-state index is 13.1. The lowest BCUT2D eigenvalue weighted by Crippen LogP contribution is -2.51. The van der Waals surface area contributed by atoms with Crippen molar-refractivity contribution >= 4 is 5.91 Å². The van der Waals surface area contributed by atoms with Gasteiger partial charge in [0.15, 0.2) is 0 Å². The number of aliphatic hydroxyl groups excluding tert-OH is 1. The molecule has 0 fully saturated rings. The molecule has 4 aromatic carbocycles. The molecular weight excluding hydrogens is 518 g/mol. The van der Waals surface area contributed by atoms with Gasteiger partial charge in [-0.3, -0.25) is 9.69 Å². The summed E-state index contributed by atoms with van der Waals surface area (Å²) in [5.41, 5.74) is 10.9. The van der Waals surface area contributed by atoms with Gasteiger partial charge in [-0.25, -0.2) is 0 Å². The summed E-state index contributed by atoms with van der Waals surface area (Å²) in [5.74, 6) is -0.159. The summed E-state index contributed by atoms with van der Waals surface area (Å²) in [7, 11) is 0. The van der Waals surface area contributed by atoms with Gasteiger partial charge in [-0.05, 0) is 47.4 Å². The van der Waals surface area contributed by atoms with Crippen LogP contribution in [0.4, 0.5) is 0 Å². The number of carbonyl (C=O) groups is 1. The highest BCUT2D eigenvalue weighted by molar-refractivity contribution is 5.82. The fourth-order valence-corrected chi connectivity index (χ4v) is 5.43. The predicted octanol–water partition coefficient (Wildman–Crippen LogP) is 5.76. The lowest BCUT2D eigenvalue weighted by Gasteiger charge is -2.37. The molecule has 0 aliphatic heterocycles. The van der Waals surface area contributed by atoms with Gasteiger partial charge in [0.2, 0.25) is 5.91 Å². The summed E-state index contributed by atoms with van der Waals surface area (Å²) in [5, 5.41) is 15.3. The van der Waals surface area contributed by atoms with Gasteiger partial charge in [0.25, 0.3) is 0 Å². The Morgan fingerprint density at radius 3 is 1.52 bits per heavy atom. The Morgan fingerprint density at radius 2 is 1.10 bits per heavy atom. The van der Waals surface area contributed by atoms with Crippen molar-refractivity contribution in [1.29, 1.82) is 0 Å². The van der Waals surface area contributed by atoms with Crippen molar-refractivity contribution in [3.05, 3.63) is 144 Å². The van der Waals surface area contributed by atoms with Crippen LogP contribution in [-0.4, -0.2) is 40.1 Å². The molecular formula is C37H45N3O2. The monoisotopic (exact) mass is 563 g/mol. The molecule has 4 N–H and O–H groups in total. The summed E-state index contributed by atoms with van der Waals surface area (Å²) >= 11 is 0. The zero-order valence-electron chi connectivity index (χ0n) is 24.8. The van der Waals surface area contributed by atoms with E-state index in [1.54, 1.807) is 0 Å². The average molecular weight is 564 g/mol. The van der Waals surface area contributed by atoms with E-state index in [9.17, 15) is 9.90 Å². The Hall–Kier alpha value is -3.77. The molecule has 4 atom stereocenters. The Morgan fingerprint density at radius 1 is 0.690 bits per heavy atom. The van der Waals surface area contributed by atoms with Gasteiger partial charge in [-0.2, -0.15) is 0 Å². The molecule has 5 nitrogen and oxygen atoms in total. The molecule has 0 saturated carbocycles. The topological polar surface area (TPSA) is 78.6 Å². The molecule has 220 valence electrons. The average Bonchev–Trinajstić information content (AvgIpc) is 3.01. The standard InChI is InChI=1S/C37H45N3O2/c1-28(2)36(38)37(42)39-33(23-29-15-7-3-8-16-29)25-35(41)34(24-30-17-9-4-10-18-30)40(26-31-19-11-5-12-20-31)27-32-21-13-6-14-22-32/h3-22,28,33-36,41H,23-27,38H2,1-2H3,(H,39,42). The van der Waals surface area contributed by atoms with Gasteiger partial charge in [-0.15, -0.1) is 0 Å². The molecule has 1 amide bonds. The SMILES string of the molecule is CC(C)C(N)C(=O)NC(Cc1ccccc1)CC(O)C(Cc1ccccc1)N(Cc1ccccc1)Cc1ccccc1. The number of amides is 1. The number of hydrogen-bond acceptors (Lipinski definition) is 4. The van der Waals surface area contributed by atoms with E-state index in [1.165, 1.54) is 11.1 Å². The molecule has 0 aromatic heterocycles. The van der Waals surface area contributed by atoms with Gasteiger partial charge >= 0.3 is 0 Å². The van der Waals surface area contributed by atoms with Crippen LogP contribution in [0.2, 0.25) is 0 Å². The molecule has 0 radical (unpaired) electrons. The molecule has 0 spiro atoms. The molecule has 0 heterocycles. The lowest BCUT2D eigenvalue weighted by molar-refractivity contribution is -0.124. The Kier molecular flexibility index (Phi) is 11.9. The quantitative estimate of drug-likeness (QED) is 0.172. The Bertz CT molecular complexity index is 1280. The van der Waals surface area contributed by atoms with Crippen LogP contribution in [0.25, 0.3) is 0 Å². The minimum absolute atomic E-state index is 0.0189. The fourth-order valence-electron chi connectivity index (χ4n) is 5.43. The summed E-state index contributed by atoms with van der Waals surface area (Å²) in [6.45, 7) is 5.29. The second kappa shape index (κ2) is 16.0. The highest BCUT2D eigenvalue weighted by Gasteiger charge is 2.30. The summed E-state index contributed by atoms with van der Waals surface area (Å²) < 4.78 is 0. The summed E-state index contributed by atoms with van der Waals surface area (Å²) in [6.07, 6.45) is 0.994. The van der Waals surface area contributed by atoms with Crippen LogP contribution >= 0.6 is 0 Å². The van der Waals surface area contributed by atoms with Crippen LogP contribution in [0.1, 0.15) is 42.5 Å². The van der Waals surface area contributed by atoms with Crippen molar-refractivity contribution in [2.75, 3.05) is 0 Å². The minimum atomic E-state index is -0.707. The predicted molar refractivity (Wildman–Crippen MR) is 172 cm³/mol. The lowest BCUT2D eigenvalue weighted by atomic mass is 9.91. The van der Waals surface area contributed by atoms with Crippen molar-refractivity contribution in [3.63, 3.8) is 0 Å². The first kappa shape index (κ1) is 31.2. The largest absolute Gasteiger partial charge is 0.391 e. The van der Waals surface area contributed by atoms with E-state index in [1.807, 2.05) is 62.4 Å². The molecule has 4 rings (SSSR count). The second-order valence-corrected chi connectivity index (χ2v) is 11.6. The van der Waals surface area contributed by atoms with E-state index in [2.05, 4.69) is 83.0 Å². The van der Waals surface area contributed by atoms with E-state index >= 15 is 0 Å². The van der Waals surface area contributed by atoms with Crippen molar-refractivity contribution < 1.29 is 9.90 Å². The van der Waals surface area contributed by atoms with Crippen molar-refractivity contribution in [2.24, 2.45) is 11.7 Å². The molecule has 4 aromatic rings. The van der Waals surface area contributed by atoms with E-state index in [4.69, 9.17) is 5.73 Å². The first-order valence-electron chi connectivity index (χ1n) is 15.0. The van der Waals surface area contributed by atoms with Gasteiger partial charge in [0.05, 0.1) is 12.1 Å². The van der Waals surface area contributed by atoms with Gasteiger partial charge in [0, 0.05) is 25.2 Å². The normalized spacial score (nSPS) is 14.3. The molecule has 0 aliphatic carbocycles. The van der Waals surface area contributed by atoms with Crippen LogP contribution < -0.4 is 11.1 Å². The zero-order valence-corrected chi connectivity index (χ0v) is 24.8. The molecule has 0 aliphatic rings. The molecule has 4 unspecified atom stereocenters. The number of carbonyl (C=O) groups excluding carboxylic acids is 1. The molecule has 42 heavy (non-hydrogen) atoms. The highest BCUT2D eigenvalue weighted by atomic mass is 16.3. The number of nitrogens with two attached hydrogens (primary N) is 1. The van der Waals surface area contributed by atoms with Crippen molar-refractivity contribution in [3.8, 4) is 0 Å². The van der Waals surface area contributed by atoms with Crippen LogP contribution in [0.15, 0.2) is 121 Å². The van der Waals surface area contributed by atoms with Crippen molar-refractivity contribution in [2.45, 2.75) is 70.4 Å². The van der Waals surface area contributed by atoms with Crippen LogP contribution in [0.5, 0.6) is 0 Å². The summed E-state index contributed by atoms with van der Waals surface area (Å²) in [4.78, 5) is 15.5. The first-order valence-corrected chi connectivity index (χ1v) is 15.0. The summed E-state index contributed by atoms with van der Waals surface area (Å²) in [6, 6.07) is 40.2. The Balaban J connectivity index is 1.65. The third kappa shape index (κ3) is 9.66. The maximum Gasteiger partial charge on any atom is 0.237 e. The van der Waals surface area contributed by atoms with Gasteiger partial charge < -0.3 is 16.2 Å². The van der Waals surface area contributed by atoms with Crippen LogP contribution in [-0.2, 0) is 30.7 Å². The van der Waals surface area contributed by atoms with E-state index in [-0.39, 0.29) is 23.9 Å². The minimum Gasteiger partial charge on any atom is -0.391 e. The Labute approximate surface area is 251 Å². The molecule has 5 heteroatoms. The molecule has 0 saturated heterocycles. The van der Waals surface area contributed by atoms with Crippen LogP contribution in [0, 0.1) is 5.92 Å². The number of nitrogens with zero attached hydrogens (tertiary/aromatic N) is 1. The zero-order chi connectivity index (χ0) is 29.7. The van der Waals surface area contributed by atoms with E-state index in [0.29, 0.717) is 32.4 Å². The first-order chi connectivity index (χ1) is 20.4.